The van der Waals surface area contributed by atoms with E-state index < -0.39 is 22.8 Å². The highest BCUT2D eigenvalue weighted by molar-refractivity contribution is 7.15. The second-order valence-corrected chi connectivity index (χ2v) is 6.80. The molecule has 1 fully saturated rings. The number of benzene rings is 1. The summed E-state index contributed by atoms with van der Waals surface area (Å²) in [7, 11) is 0. The number of anilines is 1. The molecule has 25 heavy (non-hydrogen) atoms. The fourth-order valence-electron chi connectivity index (χ4n) is 2.50. The first-order valence-corrected chi connectivity index (χ1v) is 8.48. The monoisotopic (exact) mass is 393 g/mol. The van der Waals surface area contributed by atoms with Crippen molar-refractivity contribution in [3.05, 3.63) is 45.7 Å². The number of hydrogen-bond acceptors (Lipinski definition) is 4. The van der Waals surface area contributed by atoms with Crippen molar-refractivity contribution < 1.29 is 22.4 Å². The minimum Gasteiger partial charge on any atom is -0.345 e. The highest BCUT2D eigenvalue weighted by Gasteiger charge is 2.34. The number of carbonyl (C=O) groups is 1. The number of amides is 1. The Hall–Kier alpha value is -1.87. The second kappa shape index (κ2) is 6.80. The molecule has 3 rings (SSSR count). The zero-order chi connectivity index (χ0) is 18.2. The third-order valence-corrected chi connectivity index (χ3v) is 5.20. The van der Waals surface area contributed by atoms with Gasteiger partial charge in [-0.05, 0) is 12.1 Å². The summed E-state index contributed by atoms with van der Waals surface area (Å²) in [6, 6.07) is 4.00. The first-order valence-electron chi connectivity index (χ1n) is 7.28. The van der Waals surface area contributed by atoms with E-state index in [2.05, 4.69) is 4.98 Å². The molecule has 1 aliphatic heterocycles. The SMILES string of the molecule is O=C(c1c(F)cccc1Cl)N1CCN(c2ncc(C(F)(F)F)s2)CC1. The summed E-state index contributed by atoms with van der Waals surface area (Å²) in [5.41, 5.74) is -0.189. The summed E-state index contributed by atoms with van der Waals surface area (Å²) in [5, 5.41) is 0.283. The Balaban J connectivity index is 1.68. The van der Waals surface area contributed by atoms with Gasteiger partial charge in [-0.3, -0.25) is 4.79 Å². The first-order chi connectivity index (χ1) is 11.8. The lowest BCUT2D eigenvalue weighted by Gasteiger charge is -2.34. The molecule has 0 N–H and O–H groups in total. The highest BCUT2D eigenvalue weighted by atomic mass is 35.5. The Bertz CT molecular complexity index is 767. The normalized spacial score (nSPS) is 15.6. The van der Waals surface area contributed by atoms with Gasteiger partial charge in [0.1, 0.15) is 10.7 Å². The summed E-state index contributed by atoms with van der Waals surface area (Å²) >= 11 is 6.46. The molecule has 1 amide bonds. The molecule has 0 saturated carbocycles. The predicted octanol–water partition coefficient (Wildman–Crippen LogP) is 3.92. The number of thiazole rings is 1. The topological polar surface area (TPSA) is 36.4 Å². The van der Waals surface area contributed by atoms with E-state index >= 15 is 0 Å². The van der Waals surface area contributed by atoms with Crippen LogP contribution < -0.4 is 4.90 Å². The molecule has 4 nitrogen and oxygen atoms in total. The van der Waals surface area contributed by atoms with Crippen LogP contribution in [0.2, 0.25) is 5.02 Å². The number of rotatable bonds is 2. The van der Waals surface area contributed by atoms with Gasteiger partial charge in [-0.25, -0.2) is 9.37 Å². The van der Waals surface area contributed by atoms with E-state index in [1.807, 2.05) is 0 Å². The van der Waals surface area contributed by atoms with Gasteiger partial charge >= 0.3 is 6.18 Å². The van der Waals surface area contributed by atoms with Gasteiger partial charge in [0.25, 0.3) is 5.91 Å². The van der Waals surface area contributed by atoms with E-state index in [4.69, 9.17) is 11.6 Å². The lowest BCUT2D eigenvalue weighted by Crippen LogP contribution is -2.49. The van der Waals surface area contributed by atoms with Crippen LogP contribution in [0, 0.1) is 5.82 Å². The molecular formula is C15H12ClF4N3OS. The molecule has 0 radical (unpaired) electrons. The average Bonchev–Trinajstić information content (AvgIpc) is 3.05. The third kappa shape index (κ3) is 3.72. The van der Waals surface area contributed by atoms with Crippen molar-refractivity contribution in [3.8, 4) is 0 Å². The summed E-state index contributed by atoms with van der Waals surface area (Å²) in [6.45, 7) is 1.10. The molecule has 0 atom stereocenters. The van der Waals surface area contributed by atoms with Crippen molar-refractivity contribution in [1.82, 2.24) is 9.88 Å². The van der Waals surface area contributed by atoms with Crippen molar-refractivity contribution in [1.29, 1.82) is 0 Å². The van der Waals surface area contributed by atoms with Gasteiger partial charge in [-0.1, -0.05) is 29.0 Å². The molecule has 0 bridgehead atoms. The van der Waals surface area contributed by atoms with Crippen molar-refractivity contribution in [2.45, 2.75) is 6.18 Å². The average molecular weight is 394 g/mol. The minimum absolute atomic E-state index is 0.0298. The summed E-state index contributed by atoms with van der Waals surface area (Å²) < 4.78 is 51.8. The summed E-state index contributed by atoms with van der Waals surface area (Å²) in [6.07, 6.45) is -3.62. The Kier molecular flexibility index (Phi) is 4.88. The lowest BCUT2D eigenvalue weighted by molar-refractivity contribution is -0.134. The number of hydrogen-bond donors (Lipinski definition) is 0. The Labute approximate surface area is 149 Å². The van der Waals surface area contributed by atoms with E-state index in [-0.39, 0.29) is 28.8 Å². The fraction of sp³-hybridized carbons (Fsp3) is 0.333. The van der Waals surface area contributed by atoms with Gasteiger partial charge in [0.15, 0.2) is 5.13 Å². The third-order valence-electron chi connectivity index (χ3n) is 3.79. The van der Waals surface area contributed by atoms with Gasteiger partial charge in [0, 0.05) is 26.2 Å². The van der Waals surface area contributed by atoms with Gasteiger partial charge in [-0.15, -0.1) is 0 Å². The van der Waals surface area contributed by atoms with Crippen LogP contribution >= 0.6 is 22.9 Å². The van der Waals surface area contributed by atoms with Crippen LogP contribution in [0.5, 0.6) is 0 Å². The molecule has 134 valence electrons. The van der Waals surface area contributed by atoms with E-state index in [9.17, 15) is 22.4 Å². The van der Waals surface area contributed by atoms with Gasteiger partial charge < -0.3 is 9.80 Å². The van der Waals surface area contributed by atoms with Crippen molar-refractivity contribution in [2.24, 2.45) is 0 Å². The maximum absolute atomic E-state index is 13.9. The van der Waals surface area contributed by atoms with E-state index in [1.54, 1.807) is 4.90 Å². The molecule has 10 heteroatoms. The van der Waals surface area contributed by atoms with Crippen LogP contribution in [0.3, 0.4) is 0 Å². The first kappa shape index (κ1) is 17.9. The maximum Gasteiger partial charge on any atom is 0.427 e. The Morgan fingerprint density at radius 2 is 1.88 bits per heavy atom. The standard InChI is InChI=1S/C15H12ClF4N3OS/c16-9-2-1-3-10(17)12(9)13(24)22-4-6-23(7-5-22)14-21-8-11(25-14)15(18,19)20/h1-3,8H,4-7H2. The van der Waals surface area contributed by atoms with Crippen molar-refractivity contribution in [3.63, 3.8) is 0 Å². The van der Waals surface area contributed by atoms with Crippen LogP contribution in [0.4, 0.5) is 22.7 Å². The zero-order valence-electron chi connectivity index (χ0n) is 12.7. The summed E-state index contributed by atoms with van der Waals surface area (Å²) in [5.74, 6) is -1.23. The predicted molar refractivity (Wildman–Crippen MR) is 86.6 cm³/mol. The lowest BCUT2D eigenvalue weighted by atomic mass is 10.1. The molecule has 1 saturated heterocycles. The van der Waals surface area contributed by atoms with Crippen LogP contribution in [0.15, 0.2) is 24.4 Å². The highest BCUT2D eigenvalue weighted by Crippen LogP contribution is 2.36. The molecule has 1 aromatic heterocycles. The molecule has 0 unspecified atom stereocenters. The number of halogens is 5. The van der Waals surface area contributed by atoms with Crippen molar-refractivity contribution in [2.75, 3.05) is 31.1 Å². The fourth-order valence-corrected chi connectivity index (χ4v) is 3.58. The number of aromatic nitrogens is 1. The number of carbonyl (C=O) groups excluding carboxylic acids is 1. The number of piperazine rings is 1. The Morgan fingerprint density at radius 1 is 1.20 bits per heavy atom. The maximum atomic E-state index is 13.9. The van der Waals surface area contributed by atoms with E-state index in [0.717, 1.165) is 12.3 Å². The molecule has 1 aromatic carbocycles. The van der Waals surface area contributed by atoms with Crippen LogP contribution in [-0.4, -0.2) is 42.0 Å². The largest absolute Gasteiger partial charge is 0.427 e. The molecule has 2 aromatic rings. The van der Waals surface area contributed by atoms with Gasteiger partial charge in [-0.2, -0.15) is 13.2 Å². The van der Waals surface area contributed by atoms with Gasteiger partial charge in [0.2, 0.25) is 0 Å². The molecule has 1 aliphatic rings. The minimum atomic E-state index is -4.42. The summed E-state index contributed by atoms with van der Waals surface area (Å²) in [4.78, 5) is 18.6. The van der Waals surface area contributed by atoms with E-state index in [1.165, 1.54) is 17.0 Å². The second-order valence-electron chi connectivity index (χ2n) is 5.38. The quantitative estimate of drug-likeness (QED) is 0.726. The molecule has 2 heterocycles. The van der Waals surface area contributed by atoms with Crippen LogP contribution in [-0.2, 0) is 6.18 Å². The van der Waals surface area contributed by atoms with Crippen LogP contribution in [0.25, 0.3) is 0 Å². The zero-order valence-corrected chi connectivity index (χ0v) is 14.3. The molecule has 0 spiro atoms. The molecular weight excluding hydrogens is 382 g/mol. The molecule has 0 aliphatic carbocycles. The van der Waals surface area contributed by atoms with E-state index in [0.29, 0.717) is 24.4 Å². The van der Waals surface area contributed by atoms with Crippen LogP contribution in [0.1, 0.15) is 15.2 Å². The number of alkyl halides is 3. The number of nitrogens with zero attached hydrogens (tertiary/aromatic N) is 3. The van der Waals surface area contributed by atoms with Gasteiger partial charge in [0.05, 0.1) is 16.8 Å². The Morgan fingerprint density at radius 3 is 2.44 bits per heavy atom. The smallest absolute Gasteiger partial charge is 0.345 e. The van der Waals surface area contributed by atoms with Crippen molar-refractivity contribution >= 4 is 34.0 Å².